The van der Waals surface area contributed by atoms with Crippen molar-refractivity contribution >= 4 is 38.8 Å². The fourth-order valence-electron chi connectivity index (χ4n) is 3.12. The van der Waals surface area contributed by atoms with E-state index in [0.29, 0.717) is 15.5 Å². The van der Waals surface area contributed by atoms with E-state index in [1.165, 1.54) is 23.5 Å². The number of anilines is 1. The Morgan fingerprint density at radius 3 is 2.82 bits per heavy atom. The fourth-order valence-corrected chi connectivity index (χ4v) is 4.13. The van der Waals surface area contributed by atoms with Gasteiger partial charge in [-0.1, -0.05) is 11.3 Å². The van der Waals surface area contributed by atoms with Gasteiger partial charge in [-0.25, -0.2) is 9.37 Å². The Labute approximate surface area is 162 Å². The zero-order chi connectivity index (χ0) is 19.3. The maximum Gasteiger partial charge on any atom is 0.267 e. The molecule has 2 aromatic carbocycles. The molecular formula is C20H14FN5OS. The summed E-state index contributed by atoms with van der Waals surface area (Å²) in [5.74, 6) is -0.469. The predicted octanol–water partition coefficient (Wildman–Crippen LogP) is 4.64. The number of rotatable bonds is 3. The van der Waals surface area contributed by atoms with Crippen LogP contribution in [0.3, 0.4) is 0 Å². The number of fused-ring (bicyclic) bond motifs is 2. The minimum atomic E-state index is -0.284. The summed E-state index contributed by atoms with van der Waals surface area (Å²) in [7, 11) is 0. The summed E-state index contributed by atoms with van der Waals surface area (Å²) in [5.41, 5.74) is 3.93. The Morgan fingerprint density at radius 1 is 1.21 bits per heavy atom. The molecule has 0 spiro atoms. The number of hydrogen-bond acceptors (Lipinski definition) is 4. The van der Waals surface area contributed by atoms with Crippen molar-refractivity contribution in [1.82, 2.24) is 19.6 Å². The first kappa shape index (κ1) is 16.6. The second-order valence-corrected chi connectivity index (χ2v) is 7.41. The van der Waals surface area contributed by atoms with E-state index in [0.717, 1.165) is 27.9 Å². The van der Waals surface area contributed by atoms with Gasteiger partial charge in [0, 0.05) is 28.5 Å². The van der Waals surface area contributed by atoms with Crippen molar-refractivity contribution in [1.29, 1.82) is 0 Å². The summed E-state index contributed by atoms with van der Waals surface area (Å²) >= 11 is 1.32. The maximum atomic E-state index is 13.1. The van der Waals surface area contributed by atoms with Crippen molar-refractivity contribution in [2.24, 2.45) is 0 Å². The Balaban J connectivity index is 1.45. The molecule has 28 heavy (non-hydrogen) atoms. The van der Waals surface area contributed by atoms with E-state index in [4.69, 9.17) is 0 Å². The van der Waals surface area contributed by atoms with Crippen molar-refractivity contribution in [3.05, 3.63) is 71.2 Å². The number of halogens is 1. The van der Waals surface area contributed by atoms with Crippen LogP contribution in [0.15, 0.2) is 54.9 Å². The number of aryl methyl sites for hydroxylation is 1. The van der Waals surface area contributed by atoms with Crippen LogP contribution < -0.4 is 5.32 Å². The zero-order valence-electron chi connectivity index (χ0n) is 14.7. The summed E-state index contributed by atoms with van der Waals surface area (Å²) in [6.45, 7) is 1.88. The molecular weight excluding hydrogens is 377 g/mol. The van der Waals surface area contributed by atoms with Crippen molar-refractivity contribution in [3.8, 4) is 11.3 Å². The molecule has 6 nitrogen and oxygen atoms in total. The van der Waals surface area contributed by atoms with Gasteiger partial charge in [0.2, 0.25) is 0 Å². The number of amides is 1. The van der Waals surface area contributed by atoms with E-state index in [2.05, 4.69) is 20.5 Å². The molecule has 0 bridgehead atoms. The van der Waals surface area contributed by atoms with Crippen LogP contribution in [0.5, 0.6) is 0 Å². The van der Waals surface area contributed by atoms with Crippen molar-refractivity contribution < 1.29 is 9.18 Å². The topological polar surface area (TPSA) is 75.1 Å². The van der Waals surface area contributed by atoms with Crippen LogP contribution in [0.1, 0.15) is 15.4 Å². The van der Waals surface area contributed by atoms with Gasteiger partial charge in [0.25, 0.3) is 5.91 Å². The predicted molar refractivity (Wildman–Crippen MR) is 107 cm³/mol. The van der Waals surface area contributed by atoms with Gasteiger partial charge in [-0.05, 0) is 49.4 Å². The highest BCUT2D eigenvalue weighted by molar-refractivity contribution is 7.19. The second-order valence-electron chi connectivity index (χ2n) is 6.43. The molecule has 3 aromatic heterocycles. The van der Waals surface area contributed by atoms with Crippen LogP contribution in [0.25, 0.3) is 27.1 Å². The van der Waals surface area contributed by atoms with E-state index in [1.54, 1.807) is 18.3 Å². The molecule has 0 radical (unpaired) electrons. The van der Waals surface area contributed by atoms with Gasteiger partial charge in [-0.2, -0.15) is 5.10 Å². The molecule has 5 rings (SSSR count). The Kier molecular flexibility index (Phi) is 3.73. The number of nitrogens with zero attached hydrogens (tertiary/aromatic N) is 3. The van der Waals surface area contributed by atoms with Gasteiger partial charge in [0.15, 0.2) is 4.96 Å². The number of carbonyl (C=O) groups excluding carboxylic acids is 1. The number of imidazole rings is 1. The molecule has 138 valence electrons. The molecule has 0 aliphatic heterocycles. The highest BCUT2D eigenvalue weighted by Crippen LogP contribution is 2.28. The van der Waals surface area contributed by atoms with Crippen LogP contribution in [0, 0.1) is 12.7 Å². The largest absolute Gasteiger partial charge is 0.321 e. The average Bonchev–Trinajstić information content (AvgIpc) is 3.38. The third-order valence-electron chi connectivity index (χ3n) is 4.60. The maximum absolute atomic E-state index is 13.1. The lowest BCUT2D eigenvalue weighted by Gasteiger charge is -2.04. The SMILES string of the molecule is Cc1c(C(=O)Nc2ccc3cn[nH]c3c2)sc2nc(-c3ccc(F)cc3)cn12. The molecule has 0 aliphatic carbocycles. The number of hydrogen-bond donors (Lipinski definition) is 2. The number of aromatic amines is 1. The average molecular weight is 391 g/mol. The molecule has 2 N–H and O–H groups in total. The summed E-state index contributed by atoms with van der Waals surface area (Å²) in [6, 6.07) is 11.8. The summed E-state index contributed by atoms with van der Waals surface area (Å²) < 4.78 is 15.0. The lowest BCUT2D eigenvalue weighted by molar-refractivity contribution is 0.102. The van der Waals surface area contributed by atoms with Gasteiger partial charge in [-0.15, -0.1) is 0 Å². The summed E-state index contributed by atoms with van der Waals surface area (Å²) in [4.78, 5) is 18.7. The van der Waals surface area contributed by atoms with Crippen LogP contribution in [-0.4, -0.2) is 25.5 Å². The van der Waals surface area contributed by atoms with E-state index in [9.17, 15) is 9.18 Å². The van der Waals surface area contributed by atoms with Crippen molar-refractivity contribution in [3.63, 3.8) is 0 Å². The Hall–Kier alpha value is -3.52. The quantitative estimate of drug-likeness (QED) is 0.470. The van der Waals surface area contributed by atoms with Gasteiger partial charge in [-0.3, -0.25) is 14.3 Å². The first-order valence-electron chi connectivity index (χ1n) is 8.57. The molecule has 3 heterocycles. The third kappa shape index (κ3) is 2.74. The number of aromatic nitrogens is 4. The minimum Gasteiger partial charge on any atom is -0.321 e. The number of thiazole rings is 1. The van der Waals surface area contributed by atoms with Crippen LogP contribution >= 0.6 is 11.3 Å². The second kappa shape index (κ2) is 6.28. The van der Waals surface area contributed by atoms with Crippen LogP contribution in [-0.2, 0) is 0 Å². The third-order valence-corrected chi connectivity index (χ3v) is 5.76. The minimum absolute atomic E-state index is 0.185. The summed E-state index contributed by atoms with van der Waals surface area (Å²) in [6.07, 6.45) is 3.60. The molecule has 0 fully saturated rings. The highest BCUT2D eigenvalue weighted by Gasteiger charge is 2.18. The first-order valence-corrected chi connectivity index (χ1v) is 9.39. The molecule has 1 amide bonds. The van der Waals surface area contributed by atoms with E-state index in [1.807, 2.05) is 35.7 Å². The number of carbonyl (C=O) groups is 1. The normalized spacial score (nSPS) is 11.4. The van der Waals surface area contributed by atoms with Gasteiger partial charge in [0.05, 0.1) is 17.4 Å². The molecule has 0 unspecified atom stereocenters. The standard InChI is InChI=1S/C20H14FN5OS/c1-11-18(19(27)23-15-7-4-13-9-22-25-16(13)8-15)28-20-24-17(10-26(11)20)12-2-5-14(21)6-3-12/h2-10H,1H3,(H,22,25)(H,23,27). The zero-order valence-corrected chi connectivity index (χ0v) is 15.5. The van der Waals surface area contributed by atoms with E-state index in [-0.39, 0.29) is 11.7 Å². The first-order chi connectivity index (χ1) is 13.6. The van der Waals surface area contributed by atoms with E-state index >= 15 is 0 Å². The van der Waals surface area contributed by atoms with E-state index < -0.39 is 0 Å². The molecule has 8 heteroatoms. The molecule has 5 aromatic rings. The molecule has 0 saturated carbocycles. The van der Waals surface area contributed by atoms with Crippen LogP contribution in [0.4, 0.5) is 10.1 Å². The van der Waals surface area contributed by atoms with Crippen molar-refractivity contribution in [2.45, 2.75) is 6.92 Å². The lowest BCUT2D eigenvalue weighted by Crippen LogP contribution is -2.11. The Bertz CT molecular complexity index is 1330. The van der Waals surface area contributed by atoms with Gasteiger partial charge < -0.3 is 5.32 Å². The number of H-pyrrole nitrogens is 1. The van der Waals surface area contributed by atoms with Gasteiger partial charge >= 0.3 is 0 Å². The highest BCUT2D eigenvalue weighted by atomic mass is 32.1. The monoisotopic (exact) mass is 391 g/mol. The molecule has 0 aliphatic rings. The number of nitrogens with one attached hydrogen (secondary N) is 2. The fraction of sp³-hybridized carbons (Fsp3) is 0.0500. The van der Waals surface area contributed by atoms with Crippen molar-refractivity contribution in [2.75, 3.05) is 5.32 Å². The van der Waals surface area contributed by atoms with Gasteiger partial charge in [0.1, 0.15) is 10.7 Å². The Morgan fingerprint density at radius 2 is 2.04 bits per heavy atom. The summed E-state index contributed by atoms with van der Waals surface area (Å²) in [5, 5.41) is 10.8. The number of benzene rings is 2. The van der Waals surface area contributed by atoms with Crippen LogP contribution in [0.2, 0.25) is 0 Å². The molecule has 0 atom stereocenters. The molecule has 0 saturated heterocycles. The smallest absolute Gasteiger partial charge is 0.267 e. The lowest BCUT2D eigenvalue weighted by atomic mass is 10.2.